The van der Waals surface area contributed by atoms with Crippen molar-refractivity contribution in [1.29, 1.82) is 0 Å². The van der Waals surface area contributed by atoms with Crippen LogP contribution in [0.15, 0.2) is 29.2 Å². The van der Waals surface area contributed by atoms with Gasteiger partial charge in [0.15, 0.2) is 6.23 Å². The number of aliphatic hydroxyl groups is 2. The standard InChI is InChI=1S/C16H23FN3O14P3/c1-19(2)11-5-8-3-4-20(15(23)9(8)6-10(11)17)16-14(22)13(21)12(31-16)7-30-35(24,25)33-37(28,29)34-36(26,27)32-18/h3-6,12-14,16,21-22H,7,18H2,1-2H3,(H,24,25)(H,26,27)(H,28,29)/t12-,13-,14-,16-/m1/s1. The van der Waals surface area contributed by atoms with E-state index in [2.05, 4.69) is 23.7 Å². The molecule has 0 amide bonds. The van der Waals surface area contributed by atoms with Crippen molar-refractivity contribution in [2.45, 2.75) is 24.5 Å². The van der Waals surface area contributed by atoms with Crippen LogP contribution in [0.5, 0.6) is 0 Å². The molecule has 1 aliphatic rings. The minimum absolute atomic E-state index is 0.0646. The van der Waals surface area contributed by atoms with Gasteiger partial charge in [-0.1, -0.05) is 0 Å². The van der Waals surface area contributed by atoms with Gasteiger partial charge in [0.1, 0.15) is 24.1 Å². The second-order valence-corrected chi connectivity index (χ2v) is 12.4. The van der Waals surface area contributed by atoms with E-state index in [9.17, 15) is 42.9 Å². The van der Waals surface area contributed by atoms with E-state index in [1.807, 2.05) is 0 Å². The monoisotopic (exact) mass is 593 g/mol. The number of aromatic nitrogens is 1. The first-order chi connectivity index (χ1) is 17.0. The summed E-state index contributed by atoms with van der Waals surface area (Å²) in [7, 11) is -13.3. The number of fused-ring (bicyclic) bond motifs is 1. The van der Waals surface area contributed by atoms with Crippen LogP contribution < -0.4 is 16.4 Å². The molecule has 37 heavy (non-hydrogen) atoms. The summed E-state index contributed by atoms with van der Waals surface area (Å²) in [4.78, 5) is 42.3. The fraction of sp³-hybridized carbons (Fsp3) is 0.438. The van der Waals surface area contributed by atoms with Crippen molar-refractivity contribution in [1.82, 2.24) is 4.57 Å². The van der Waals surface area contributed by atoms with E-state index < -0.39 is 66.0 Å². The van der Waals surface area contributed by atoms with Crippen LogP contribution >= 0.6 is 23.5 Å². The molecule has 208 valence electrons. The van der Waals surface area contributed by atoms with Crippen LogP contribution in [-0.4, -0.2) is 68.5 Å². The number of aliphatic hydroxyl groups excluding tert-OH is 2. The fourth-order valence-electron chi connectivity index (χ4n) is 3.39. The predicted molar refractivity (Wildman–Crippen MR) is 121 cm³/mol. The lowest BCUT2D eigenvalue weighted by atomic mass is 10.1. The number of phosphoric acid groups is 3. The third kappa shape index (κ3) is 6.89. The molecule has 1 fully saturated rings. The summed E-state index contributed by atoms with van der Waals surface area (Å²) in [6, 6.07) is 3.87. The molecule has 0 radical (unpaired) electrons. The Morgan fingerprint density at radius 1 is 1.08 bits per heavy atom. The van der Waals surface area contributed by atoms with Crippen molar-refractivity contribution in [3.63, 3.8) is 0 Å². The van der Waals surface area contributed by atoms with Crippen molar-refractivity contribution in [3.05, 3.63) is 40.6 Å². The molecular formula is C16H23FN3O14P3. The molecule has 21 heteroatoms. The number of nitrogens with two attached hydrogens (primary N) is 1. The van der Waals surface area contributed by atoms with Gasteiger partial charge in [0.05, 0.1) is 17.7 Å². The summed E-state index contributed by atoms with van der Waals surface area (Å²) in [5.74, 6) is 3.68. The molecule has 17 nitrogen and oxygen atoms in total. The van der Waals surface area contributed by atoms with E-state index in [0.29, 0.717) is 5.39 Å². The Kier molecular flexibility index (Phi) is 8.81. The number of hydrogen-bond acceptors (Lipinski definition) is 13. The van der Waals surface area contributed by atoms with Crippen LogP contribution in [0.2, 0.25) is 0 Å². The highest BCUT2D eigenvalue weighted by Crippen LogP contribution is 2.67. The molecule has 1 saturated heterocycles. The fourth-order valence-corrected chi connectivity index (χ4v) is 6.55. The lowest BCUT2D eigenvalue weighted by molar-refractivity contribution is -0.0533. The zero-order valence-electron chi connectivity index (χ0n) is 18.9. The zero-order chi connectivity index (χ0) is 27.9. The maximum Gasteiger partial charge on any atom is 0.497 e. The van der Waals surface area contributed by atoms with E-state index in [-0.39, 0.29) is 11.1 Å². The maximum absolute atomic E-state index is 14.4. The molecule has 1 aromatic heterocycles. The highest BCUT2D eigenvalue weighted by atomic mass is 31.3. The van der Waals surface area contributed by atoms with E-state index in [4.69, 9.17) is 9.63 Å². The van der Waals surface area contributed by atoms with Crippen LogP contribution in [0.3, 0.4) is 0 Å². The van der Waals surface area contributed by atoms with E-state index in [1.54, 1.807) is 14.1 Å². The van der Waals surface area contributed by atoms with Crippen LogP contribution in [0.4, 0.5) is 10.1 Å². The minimum atomic E-state index is -5.73. The Bertz CT molecular complexity index is 1370. The molecule has 0 aliphatic carbocycles. The third-order valence-corrected chi connectivity index (χ3v) is 9.08. The smallest absolute Gasteiger partial charge is 0.387 e. The molecular weight excluding hydrogens is 570 g/mol. The number of benzene rings is 1. The Morgan fingerprint density at radius 3 is 2.30 bits per heavy atom. The van der Waals surface area contributed by atoms with Gasteiger partial charge >= 0.3 is 23.5 Å². The van der Waals surface area contributed by atoms with Gasteiger partial charge in [0.25, 0.3) is 5.56 Å². The maximum atomic E-state index is 14.4. The average Bonchev–Trinajstić information content (AvgIpc) is 3.05. The lowest BCUT2D eigenvalue weighted by Crippen LogP contribution is -2.35. The molecule has 0 bridgehead atoms. The van der Waals surface area contributed by atoms with Gasteiger partial charge in [-0.15, -0.1) is 0 Å². The predicted octanol–water partition coefficient (Wildman–Crippen LogP) is 0.0671. The Labute approximate surface area is 207 Å². The SMILES string of the molecule is CN(C)c1cc2ccn([C@@H]3O[C@H](COP(=O)(O)OP(=O)(O)OP(=O)(O)ON)[C@@H](O)[C@H]3O)c(=O)c2cc1F. The highest BCUT2D eigenvalue weighted by molar-refractivity contribution is 7.66. The quantitative estimate of drug-likeness (QED) is 0.157. The summed E-state index contributed by atoms with van der Waals surface area (Å²) in [5.41, 5.74) is -0.565. The van der Waals surface area contributed by atoms with Crippen molar-refractivity contribution in [2.75, 3.05) is 25.6 Å². The largest absolute Gasteiger partial charge is 0.497 e. The number of nitrogens with zero attached hydrogens (tertiary/aromatic N) is 2. The molecule has 0 spiro atoms. The van der Waals surface area contributed by atoms with E-state index in [1.165, 1.54) is 23.2 Å². The number of pyridine rings is 1. The molecule has 7 atom stereocenters. The van der Waals surface area contributed by atoms with Crippen molar-refractivity contribution < 1.29 is 65.5 Å². The number of phosphoric ester groups is 1. The molecule has 0 saturated carbocycles. The number of anilines is 1. The van der Waals surface area contributed by atoms with Crippen molar-refractivity contribution >= 4 is 39.9 Å². The summed E-state index contributed by atoms with van der Waals surface area (Å²) < 4.78 is 70.7. The Hall–Kier alpha value is -1.59. The normalized spacial score (nSPS) is 26.9. The van der Waals surface area contributed by atoms with Crippen LogP contribution in [0.25, 0.3) is 10.8 Å². The van der Waals surface area contributed by atoms with Gasteiger partial charge < -0.3 is 34.5 Å². The van der Waals surface area contributed by atoms with Gasteiger partial charge in [-0.05, 0) is 23.6 Å². The van der Waals surface area contributed by atoms with Gasteiger partial charge in [-0.25, -0.2) is 28.6 Å². The Balaban J connectivity index is 1.76. The molecule has 1 aliphatic heterocycles. The van der Waals surface area contributed by atoms with Crippen molar-refractivity contribution in [3.8, 4) is 0 Å². The first kappa shape index (κ1) is 30.0. The summed E-state index contributed by atoms with van der Waals surface area (Å²) >= 11 is 0. The number of hydrogen-bond donors (Lipinski definition) is 6. The minimum Gasteiger partial charge on any atom is -0.387 e. The molecule has 7 N–H and O–H groups in total. The van der Waals surface area contributed by atoms with Gasteiger partial charge in [0.2, 0.25) is 0 Å². The summed E-state index contributed by atoms with van der Waals surface area (Å²) in [6.45, 7) is -1.05. The van der Waals surface area contributed by atoms with E-state index in [0.717, 1.165) is 10.6 Å². The van der Waals surface area contributed by atoms with Crippen LogP contribution in [0, 0.1) is 5.82 Å². The first-order valence-electron chi connectivity index (χ1n) is 9.94. The molecule has 3 rings (SSSR count). The molecule has 3 unspecified atom stereocenters. The van der Waals surface area contributed by atoms with Crippen LogP contribution in [-0.2, 0) is 36.2 Å². The summed E-state index contributed by atoms with van der Waals surface area (Å²) in [6.07, 6.45) is -5.50. The molecule has 2 aromatic rings. The lowest BCUT2D eigenvalue weighted by Gasteiger charge is -2.20. The zero-order valence-corrected chi connectivity index (χ0v) is 21.6. The topological polar surface area (TPSA) is 250 Å². The summed E-state index contributed by atoms with van der Waals surface area (Å²) in [5, 5.41) is 21.0. The second kappa shape index (κ2) is 10.9. The van der Waals surface area contributed by atoms with Gasteiger partial charge in [-0.2, -0.15) is 8.62 Å². The highest BCUT2D eigenvalue weighted by Gasteiger charge is 2.47. The first-order valence-corrected chi connectivity index (χ1v) is 14.4. The van der Waals surface area contributed by atoms with Gasteiger partial charge in [0, 0.05) is 20.3 Å². The van der Waals surface area contributed by atoms with Gasteiger partial charge in [-0.3, -0.25) is 13.9 Å². The molecule has 1 aromatic carbocycles. The molecule has 2 heterocycles. The Morgan fingerprint density at radius 2 is 1.70 bits per heavy atom. The van der Waals surface area contributed by atoms with Crippen LogP contribution in [0.1, 0.15) is 6.23 Å². The van der Waals surface area contributed by atoms with Crippen molar-refractivity contribution in [2.24, 2.45) is 5.90 Å². The number of rotatable bonds is 10. The average molecular weight is 593 g/mol. The number of ether oxygens (including phenoxy) is 1. The van der Waals surface area contributed by atoms with E-state index >= 15 is 0 Å². The second-order valence-electron chi connectivity index (χ2n) is 7.83. The number of halogens is 1. The third-order valence-electron chi connectivity index (χ3n) is 5.04.